The average molecular weight is 402 g/mol. The number of aryl methyl sites for hydroxylation is 3. The minimum atomic E-state index is -0.528. The molecule has 0 bridgehead atoms. The van der Waals surface area contributed by atoms with Gasteiger partial charge in [-0.25, -0.2) is 0 Å². The van der Waals surface area contributed by atoms with Crippen LogP contribution in [0.4, 0.5) is 0 Å². The molecule has 3 nitrogen and oxygen atoms in total. The van der Waals surface area contributed by atoms with Crippen LogP contribution >= 0.6 is 31.9 Å². The van der Waals surface area contributed by atoms with Gasteiger partial charge in [-0.1, -0.05) is 28.9 Å². The second-order valence-electron chi connectivity index (χ2n) is 4.91. The van der Waals surface area contributed by atoms with E-state index in [1.165, 1.54) is 0 Å². The summed E-state index contributed by atoms with van der Waals surface area (Å²) in [6, 6.07) is 5.95. The fourth-order valence-electron chi connectivity index (χ4n) is 2.35. The molecule has 1 heterocycles. The molecule has 1 aromatic heterocycles. The first-order valence-corrected chi connectivity index (χ1v) is 8.17. The van der Waals surface area contributed by atoms with Crippen LogP contribution in [0.2, 0.25) is 0 Å². The van der Waals surface area contributed by atoms with Gasteiger partial charge in [0.1, 0.15) is 0 Å². The van der Waals surface area contributed by atoms with Crippen molar-refractivity contribution in [3.8, 4) is 0 Å². The van der Waals surface area contributed by atoms with Crippen molar-refractivity contribution in [3.05, 3.63) is 49.7 Å². The van der Waals surface area contributed by atoms with Crippen LogP contribution in [0, 0.1) is 6.92 Å². The highest BCUT2D eigenvalue weighted by atomic mass is 79.9. The molecule has 0 aliphatic rings. The summed E-state index contributed by atoms with van der Waals surface area (Å²) in [4.78, 5) is 0. The Labute approximate surface area is 136 Å². The zero-order chi connectivity index (χ0) is 14.9. The number of hydrogen-bond donors (Lipinski definition) is 1. The Morgan fingerprint density at radius 1 is 1.35 bits per heavy atom. The zero-order valence-electron chi connectivity index (χ0n) is 11.8. The van der Waals surface area contributed by atoms with E-state index in [-0.39, 0.29) is 0 Å². The fourth-order valence-corrected chi connectivity index (χ4v) is 3.60. The van der Waals surface area contributed by atoms with E-state index in [1.807, 2.05) is 36.9 Å². The second-order valence-corrected chi connectivity index (χ2v) is 6.61. The summed E-state index contributed by atoms with van der Waals surface area (Å²) in [5, 5.41) is 15.0. The molecule has 1 unspecified atom stereocenters. The number of nitrogens with zero attached hydrogens (tertiary/aromatic N) is 2. The van der Waals surface area contributed by atoms with Crippen LogP contribution in [0.3, 0.4) is 0 Å². The molecule has 0 fully saturated rings. The van der Waals surface area contributed by atoms with Crippen molar-refractivity contribution in [2.75, 3.05) is 0 Å². The van der Waals surface area contributed by atoms with Crippen molar-refractivity contribution in [3.63, 3.8) is 0 Å². The molecule has 0 saturated heterocycles. The van der Waals surface area contributed by atoms with E-state index in [0.29, 0.717) is 6.42 Å². The molecule has 108 valence electrons. The van der Waals surface area contributed by atoms with Crippen molar-refractivity contribution in [1.29, 1.82) is 0 Å². The van der Waals surface area contributed by atoms with Gasteiger partial charge in [-0.15, -0.1) is 0 Å². The lowest BCUT2D eigenvalue weighted by Crippen LogP contribution is -2.08. The first-order valence-electron chi connectivity index (χ1n) is 6.58. The normalized spacial score (nSPS) is 12.7. The minimum Gasteiger partial charge on any atom is -0.388 e. The standard InChI is InChI=1S/C15H18Br2N2O/c1-4-12-15(17)13(19(3)18-12)8-14(20)11-6-5-10(16)7-9(11)2/h5-7,14,20H,4,8H2,1-3H3. The third-order valence-electron chi connectivity index (χ3n) is 3.48. The van der Waals surface area contributed by atoms with Crippen molar-refractivity contribution in [2.45, 2.75) is 32.8 Å². The van der Waals surface area contributed by atoms with Gasteiger partial charge in [0.2, 0.25) is 0 Å². The highest BCUT2D eigenvalue weighted by Gasteiger charge is 2.18. The molecule has 2 rings (SSSR count). The van der Waals surface area contributed by atoms with Gasteiger partial charge >= 0.3 is 0 Å². The molecule has 5 heteroatoms. The molecule has 0 radical (unpaired) electrons. The third kappa shape index (κ3) is 3.15. The largest absolute Gasteiger partial charge is 0.388 e. The number of halogens is 2. The van der Waals surface area contributed by atoms with Gasteiger partial charge in [0, 0.05) is 17.9 Å². The maximum absolute atomic E-state index is 10.5. The van der Waals surface area contributed by atoms with Crippen LogP contribution in [0.15, 0.2) is 27.1 Å². The Kier molecular flexibility index (Phi) is 5.04. The predicted molar refractivity (Wildman–Crippen MR) is 87.8 cm³/mol. The second kappa shape index (κ2) is 6.41. The quantitative estimate of drug-likeness (QED) is 0.837. The van der Waals surface area contributed by atoms with Gasteiger partial charge < -0.3 is 5.11 Å². The van der Waals surface area contributed by atoms with Crippen LogP contribution in [-0.2, 0) is 19.9 Å². The van der Waals surface area contributed by atoms with Crippen LogP contribution < -0.4 is 0 Å². The van der Waals surface area contributed by atoms with Gasteiger partial charge in [-0.2, -0.15) is 5.10 Å². The molecule has 0 aliphatic heterocycles. The van der Waals surface area contributed by atoms with E-state index < -0.39 is 6.10 Å². The molecule has 1 N–H and O–H groups in total. The van der Waals surface area contributed by atoms with Gasteiger partial charge in [-0.3, -0.25) is 4.68 Å². The zero-order valence-corrected chi connectivity index (χ0v) is 15.0. The van der Waals surface area contributed by atoms with E-state index >= 15 is 0 Å². The summed E-state index contributed by atoms with van der Waals surface area (Å²) in [6.45, 7) is 4.09. The Hall–Kier alpha value is -0.650. The maximum Gasteiger partial charge on any atom is 0.0848 e. The van der Waals surface area contributed by atoms with Crippen LogP contribution in [0.1, 0.15) is 35.5 Å². The summed E-state index contributed by atoms with van der Waals surface area (Å²) in [5.74, 6) is 0. The van der Waals surface area contributed by atoms with Gasteiger partial charge in [0.05, 0.1) is 22.0 Å². The van der Waals surface area contributed by atoms with Crippen molar-refractivity contribution in [2.24, 2.45) is 7.05 Å². The lowest BCUT2D eigenvalue weighted by molar-refractivity contribution is 0.175. The summed E-state index contributed by atoms with van der Waals surface area (Å²) in [6.07, 6.45) is 0.897. The summed E-state index contributed by atoms with van der Waals surface area (Å²) < 4.78 is 3.89. The maximum atomic E-state index is 10.5. The van der Waals surface area contributed by atoms with E-state index in [2.05, 4.69) is 43.9 Å². The van der Waals surface area contributed by atoms with E-state index in [4.69, 9.17) is 0 Å². The Morgan fingerprint density at radius 3 is 2.60 bits per heavy atom. The Bertz CT molecular complexity index is 623. The number of rotatable bonds is 4. The summed E-state index contributed by atoms with van der Waals surface area (Å²) in [5.41, 5.74) is 4.10. The van der Waals surface area contributed by atoms with Crippen molar-refractivity contribution < 1.29 is 5.11 Å². The lowest BCUT2D eigenvalue weighted by Gasteiger charge is -2.14. The highest BCUT2D eigenvalue weighted by molar-refractivity contribution is 9.10. The fraction of sp³-hybridized carbons (Fsp3) is 0.400. The van der Waals surface area contributed by atoms with Gasteiger partial charge in [0.15, 0.2) is 0 Å². The molecular formula is C15H18Br2N2O. The van der Waals surface area contributed by atoms with Crippen LogP contribution in [-0.4, -0.2) is 14.9 Å². The molecule has 0 amide bonds. The molecule has 1 aromatic carbocycles. The third-order valence-corrected chi connectivity index (χ3v) is 4.89. The Morgan fingerprint density at radius 2 is 2.05 bits per heavy atom. The lowest BCUT2D eigenvalue weighted by atomic mass is 10.00. The topological polar surface area (TPSA) is 38.0 Å². The summed E-state index contributed by atoms with van der Waals surface area (Å²) in [7, 11) is 1.92. The number of hydrogen-bond acceptors (Lipinski definition) is 2. The average Bonchev–Trinajstić information content (AvgIpc) is 2.66. The van der Waals surface area contributed by atoms with E-state index in [0.717, 1.165) is 37.9 Å². The highest BCUT2D eigenvalue weighted by Crippen LogP contribution is 2.29. The molecule has 0 spiro atoms. The molecule has 1 atom stereocenters. The Balaban J connectivity index is 2.27. The minimum absolute atomic E-state index is 0.528. The van der Waals surface area contributed by atoms with Crippen molar-refractivity contribution >= 4 is 31.9 Å². The van der Waals surface area contributed by atoms with E-state index in [1.54, 1.807) is 0 Å². The number of aromatic nitrogens is 2. The smallest absolute Gasteiger partial charge is 0.0848 e. The molecule has 0 saturated carbocycles. The van der Waals surface area contributed by atoms with E-state index in [9.17, 15) is 5.11 Å². The first-order chi connectivity index (χ1) is 9.43. The monoisotopic (exact) mass is 400 g/mol. The number of benzene rings is 1. The van der Waals surface area contributed by atoms with Gasteiger partial charge in [0.25, 0.3) is 0 Å². The SMILES string of the molecule is CCc1nn(C)c(CC(O)c2ccc(Br)cc2C)c1Br. The van der Waals surface area contributed by atoms with Gasteiger partial charge in [-0.05, 0) is 52.5 Å². The first kappa shape index (κ1) is 15.7. The van der Waals surface area contributed by atoms with Crippen LogP contribution in [0.25, 0.3) is 0 Å². The summed E-state index contributed by atoms with van der Waals surface area (Å²) >= 11 is 7.04. The predicted octanol–water partition coefficient (Wildman–Crippen LogP) is 4.09. The van der Waals surface area contributed by atoms with Crippen LogP contribution in [0.5, 0.6) is 0 Å². The number of aliphatic hydroxyl groups excluding tert-OH is 1. The number of aliphatic hydroxyl groups is 1. The molecule has 20 heavy (non-hydrogen) atoms. The molecule has 0 aliphatic carbocycles. The molecular weight excluding hydrogens is 384 g/mol. The van der Waals surface area contributed by atoms with Crippen molar-refractivity contribution in [1.82, 2.24) is 9.78 Å². The molecule has 2 aromatic rings.